The molecule has 0 radical (unpaired) electrons. The molecule has 2 aromatic carbocycles. The molecule has 0 bridgehead atoms. The zero-order valence-corrected chi connectivity index (χ0v) is 12.1. The first kappa shape index (κ1) is 14.9. The van der Waals surface area contributed by atoms with Gasteiger partial charge in [0.25, 0.3) is 0 Å². The highest BCUT2D eigenvalue weighted by Gasteiger charge is 2.20. The number of halogens is 3. The van der Waals surface area contributed by atoms with Crippen molar-refractivity contribution in [1.29, 1.82) is 0 Å². The van der Waals surface area contributed by atoms with Gasteiger partial charge in [-0.05, 0) is 40.2 Å². The van der Waals surface area contributed by atoms with E-state index in [1.807, 2.05) is 18.2 Å². The van der Waals surface area contributed by atoms with Gasteiger partial charge in [-0.3, -0.25) is 0 Å². The van der Waals surface area contributed by atoms with E-state index in [9.17, 15) is 13.9 Å². The van der Waals surface area contributed by atoms with E-state index in [0.29, 0.717) is 5.75 Å². The maximum absolute atomic E-state index is 13.8. The Morgan fingerprint density at radius 1 is 1.10 bits per heavy atom. The van der Waals surface area contributed by atoms with E-state index in [0.717, 1.165) is 6.07 Å². The summed E-state index contributed by atoms with van der Waals surface area (Å²) in [6, 6.07) is 11.4. The molecule has 0 fully saturated rings. The lowest BCUT2D eigenvalue weighted by Crippen LogP contribution is -2.09. The highest BCUT2D eigenvalue weighted by molar-refractivity contribution is 9.10. The van der Waals surface area contributed by atoms with Crippen molar-refractivity contribution >= 4 is 15.9 Å². The van der Waals surface area contributed by atoms with Crippen molar-refractivity contribution in [1.82, 2.24) is 0 Å². The molecule has 0 aliphatic carbocycles. The lowest BCUT2D eigenvalue weighted by Gasteiger charge is -2.14. The second kappa shape index (κ2) is 6.81. The topological polar surface area (TPSA) is 29.5 Å². The third-order valence-corrected chi connectivity index (χ3v) is 3.43. The fraction of sp³-hybridized carbons (Fsp3) is 0.200. The Labute approximate surface area is 124 Å². The zero-order valence-electron chi connectivity index (χ0n) is 10.5. The van der Waals surface area contributed by atoms with Crippen LogP contribution in [-0.2, 0) is 0 Å². The number of hydrogen-bond donors (Lipinski definition) is 1. The summed E-state index contributed by atoms with van der Waals surface area (Å²) in [7, 11) is 0. The summed E-state index contributed by atoms with van der Waals surface area (Å²) in [6.45, 7) is 0.163. The predicted octanol–water partition coefficient (Wildman–Crippen LogP) is 4.23. The summed E-state index contributed by atoms with van der Waals surface area (Å²) in [5.74, 6) is -0.898. The SMILES string of the molecule is OC(CCOc1ccccc1)c1c(F)ccc(Br)c1F. The lowest BCUT2D eigenvalue weighted by molar-refractivity contribution is 0.133. The van der Waals surface area contributed by atoms with Crippen LogP contribution in [0.5, 0.6) is 5.75 Å². The minimum absolute atomic E-state index is 0.0964. The zero-order chi connectivity index (χ0) is 14.5. The van der Waals surface area contributed by atoms with Crippen LogP contribution in [-0.4, -0.2) is 11.7 Å². The predicted molar refractivity (Wildman–Crippen MR) is 75.6 cm³/mol. The highest BCUT2D eigenvalue weighted by Crippen LogP contribution is 2.28. The van der Waals surface area contributed by atoms with E-state index in [-0.39, 0.29) is 23.1 Å². The van der Waals surface area contributed by atoms with Gasteiger partial charge in [-0.2, -0.15) is 0 Å². The maximum atomic E-state index is 13.8. The molecule has 106 valence electrons. The molecular weight excluding hydrogens is 330 g/mol. The average molecular weight is 343 g/mol. The Morgan fingerprint density at radius 3 is 2.50 bits per heavy atom. The molecule has 2 rings (SSSR count). The van der Waals surface area contributed by atoms with Gasteiger partial charge in [0.15, 0.2) is 0 Å². The number of aliphatic hydroxyl groups is 1. The van der Waals surface area contributed by atoms with Gasteiger partial charge in [0.2, 0.25) is 0 Å². The molecule has 20 heavy (non-hydrogen) atoms. The number of ether oxygens (including phenoxy) is 1. The van der Waals surface area contributed by atoms with E-state index in [1.165, 1.54) is 6.07 Å². The Kier molecular flexibility index (Phi) is 5.09. The Balaban J connectivity index is 1.99. The third kappa shape index (κ3) is 3.55. The third-order valence-electron chi connectivity index (χ3n) is 2.82. The average Bonchev–Trinajstić information content (AvgIpc) is 2.44. The smallest absolute Gasteiger partial charge is 0.146 e. The molecule has 2 nitrogen and oxygen atoms in total. The second-order valence-electron chi connectivity index (χ2n) is 4.22. The van der Waals surface area contributed by atoms with Crippen molar-refractivity contribution in [3.8, 4) is 5.75 Å². The first-order chi connectivity index (χ1) is 9.59. The minimum Gasteiger partial charge on any atom is -0.493 e. The number of rotatable bonds is 5. The molecule has 0 saturated carbocycles. The quantitative estimate of drug-likeness (QED) is 0.824. The van der Waals surface area contributed by atoms with Crippen molar-refractivity contribution in [3.63, 3.8) is 0 Å². The number of para-hydroxylation sites is 1. The van der Waals surface area contributed by atoms with Gasteiger partial charge >= 0.3 is 0 Å². The standard InChI is InChI=1S/C15H13BrF2O2/c16-11-6-7-12(17)14(15(11)18)13(19)8-9-20-10-4-2-1-3-5-10/h1-7,13,19H,8-9H2. The van der Waals surface area contributed by atoms with E-state index in [2.05, 4.69) is 15.9 Å². The van der Waals surface area contributed by atoms with Crippen LogP contribution < -0.4 is 4.74 Å². The molecule has 0 amide bonds. The van der Waals surface area contributed by atoms with Crippen LogP contribution in [0, 0.1) is 11.6 Å². The summed E-state index contributed by atoms with van der Waals surface area (Å²) >= 11 is 2.97. The van der Waals surface area contributed by atoms with Crippen molar-refractivity contribution in [2.75, 3.05) is 6.61 Å². The van der Waals surface area contributed by atoms with Crippen LogP contribution in [0.3, 0.4) is 0 Å². The van der Waals surface area contributed by atoms with E-state index in [1.54, 1.807) is 12.1 Å². The van der Waals surface area contributed by atoms with Gasteiger partial charge in [-0.25, -0.2) is 8.78 Å². The lowest BCUT2D eigenvalue weighted by atomic mass is 10.1. The van der Waals surface area contributed by atoms with Crippen molar-refractivity contribution in [2.24, 2.45) is 0 Å². The number of hydrogen-bond acceptors (Lipinski definition) is 2. The fourth-order valence-electron chi connectivity index (χ4n) is 1.80. The number of aliphatic hydroxyl groups excluding tert-OH is 1. The van der Waals surface area contributed by atoms with Gasteiger partial charge in [-0.1, -0.05) is 18.2 Å². The molecule has 0 aliphatic rings. The normalized spacial score (nSPS) is 12.2. The van der Waals surface area contributed by atoms with Crippen LogP contribution in [0.1, 0.15) is 18.1 Å². The molecule has 5 heteroatoms. The summed E-state index contributed by atoms with van der Waals surface area (Å²) in [5, 5.41) is 9.90. The summed E-state index contributed by atoms with van der Waals surface area (Å²) in [4.78, 5) is 0. The maximum Gasteiger partial charge on any atom is 0.146 e. The van der Waals surface area contributed by atoms with Crippen LogP contribution >= 0.6 is 15.9 Å². The van der Waals surface area contributed by atoms with Crippen LogP contribution in [0.4, 0.5) is 8.78 Å². The van der Waals surface area contributed by atoms with E-state index >= 15 is 0 Å². The molecule has 0 heterocycles. The van der Waals surface area contributed by atoms with Gasteiger partial charge in [-0.15, -0.1) is 0 Å². The largest absolute Gasteiger partial charge is 0.493 e. The monoisotopic (exact) mass is 342 g/mol. The molecule has 0 spiro atoms. The Hall–Kier alpha value is -1.46. The van der Waals surface area contributed by atoms with Gasteiger partial charge in [0.1, 0.15) is 17.4 Å². The van der Waals surface area contributed by atoms with Crippen molar-refractivity contribution in [2.45, 2.75) is 12.5 Å². The van der Waals surface area contributed by atoms with Crippen LogP contribution in [0.2, 0.25) is 0 Å². The van der Waals surface area contributed by atoms with Gasteiger partial charge in [0, 0.05) is 6.42 Å². The summed E-state index contributed by atoms with van der Waals surface area (Å²) < 4.78 is 32.9. The van der Waals surface area contributed by atoms with Crippen LogP contribution in [0.15, 0.2) is 46.9 Å². The fourth-order valence-corrected chi connectivity index (χ4v) is 2.14. The summed E-state index contributed by atoms with van der Waals surface area (Å²) in [6.07, 6.45) is -1.16. The molecule has 0 saturated heterocycles. The Bertz CT molecular complexity index is 576. The first-order valence-electron chi connectivity index (χ1n) is 6.09. The van der Waals surface area contributed by atoms with Gasteiger partial charge < -0.3 is 9.84 Å². The summed E-state index contributed by atoms with van der Waals surface area (Å²) in [5.41, 5.74) is -0.337. The van der Waals surface area contributed by atoms with Gasteiger partial charge in [0.05, 0.1) is 22.7 Å². The highest BCUT2D eigenvalue weighted by atomic mass is 79.9. The molecule has 2 aromatic rings. The molecular formula is C15H13BrF2O2. The molecule has 1 atom stereocenters. The Morgan fingerprint density at radius 2 is 1.80 bits per heavy atom. The molecule has 1 unspecified atom stereocenters. The van der Waals surface area contributed by atoms with Crippen molar-refractivity contribution in [3.05, 3.63) is 64.1 Å². The van der Waals surface area contributed by atoms with E-state index in [4.69, 9.17) is 4.74 Å². The number of benzene rings is 2. The minimum atomic E-state index is -1.25. The van der Waals surface area contributed by atoms with Crippen LogP contribution in [0.25, 0.3) is 0 Å². The van der Waals surface area contributed by atoms with E-state index < -0.39 is 17.7 Å². The first-order valence-corrected chi connectivity index (χ1v) is 6.88. The van der Waals surface area contributed by atoms with Crippen molar-refractivity contribution < 1.29 is 18.6 Å². The molecule has 0 aromatic heterocycles. The molecule has 1 N–H and O–H groups in total. The molecule has 0 aliphatic heterocycles. The second-order valence-corrected chi connectivity index (χ2v) is 5.08.